The van der Waals surface area contributed by atoms with E-state index in [2.05, 4.69) is 4.72 Å². The van der Waals surface area contributed by atoms with Gasteiger partial charge in [-0.1, -0.05) is 32.4 Å². The average molecular weight is 292 g/mol. The molecule has 0 aliphatic carbocycles. The van der Waals surface area contributed by atoms with Crippen LogP contribution in [-0.2, 0) is 10.0 Å². The lowest BCUT2D eigenvalue weighted by Gasteiger charge is -2.19. The van der Waals surface area contributed by atoms with Crippen molar-refractivity contribution in [1.29, 1.82) is 0 Å². The lowest BCUT2D eigenvalue weighted by molar-refractivity contribution is 0.461. The molecule has 2 N–H and O–H groups in total. The third-order valence-corrected chi connectivity index (χ3v) is 4.15. The molecular formula is C12H18ClNO3S. The minimum atomic E-state index is -3.52. The van der Waals surface area contributed by atoms with Crippen molar-refractivity contribution in [2.24, 2.45) is 5.41 Å². The van der Waals surface area contributed by atoms with Crippen LogP contribution in [0, 0.1) is 12.3 Å². The van der Waals surface area contributed by atoms with Crippen LogP contribution in [0.5, 0.6) is 5.75 Å². The Kier molecular flexibility index (Phi) is 4.18. The van der Waals surface area contributed by atoms with Crippen molar-refractivity contribution in [1.82, 2.24) is 0 Å². The first-order valence-corrected chi connectivity index (χ1v) is 7.53. The number of phenolic OH excluding ortho intramolecular Hbond substituents is 1. The fourth-order valence-electron chi connectivity index (χ4n) is 1.59. The fraction of sp³-hybridized carbons (Fsp3) is 0.500. The summed E-state index contributed by atoms with van der Waals surface area (Å²) in [6, 6.07) is 2.96. The zero-order valence-electron chi connectivity index (χ0n) is 10.9. The Balaban J connectivity index is 3.05. The molecule has 0 radical (unpaired) electrons. The Bertz CT molecular complexity index is 547. The van der Waals surface area contributed by atoms with Crippen LogP contribution < -0.4 is 4.72 Å². The molecule has 0 aromatic heterocycles. The molecule has 0 saturated heterocycles. The quantitative estimate of drug-likeness (QED) is 0.841. The van der Waals surface area contributed by atoms with Gasteiger partial charge in [0.2, 0.25) is 10.0 Å². The molecule has 1 rings (SSSR count). The third kappa shape index (κ3) is 4.38. The van der Waals surface area contributed by atoms with Crippen LogP contribution in [0.1, 0.15) is 26.3 Å². The Morgan fingerprint density at radius 1 is 1.33 bits per heavy atom. The van der Waals surface area contributed by atoms with Crippen LogP contribution in [-0.4, -0.2) is 19.3 Å². The molecule has 6 heteroatoms. The highest BCUT2D eigenvalue weighted by Gasteiger charge is 2.22. The summed E-state index contributed by atoms with van der Waals surface area (Å²) >= 11 is 5.84. The predicted molar refractivity (Wildman–Crippen MR) is 74.7 cm³/mol. The molecule has 1 aromatic rings. The largest absolute Gasteiger partial charge is 0.505 e. The third-order valence-electron chi connectivity index (χ3n) is 2.15. The Labute approximate surface area is 113 Å². The summed E-state index contributed by atoms with van der Waals surface area (Å²) in [4.78, 5) is 0. The second-order valence-corrected chi connectivity index (χ2v) is 7.70. The van der Waals surface area contributed by atoms with Crippen molar-refractivity contribution in [3.8, 4) is 5.75 Å². The smallest absolute Gasteiger partial charge is 0.233 e. The highest BCUT2D eigenvalue weighted by atomic mass is 35.5. The molecule has 0 unspecified atom stereocenters. The predicted octanol–water partition coefficient (Wildman–Crippen LogP) is 3.14. The van der Waals surface area contributed by atoms with E-state index in [9.17, 15) is 13.5 Å². The number of anilines is 1. The average Bonchev–Trinajstić information content (AvgIpc) is 2.08. The Morgan fingerprint density at radius 2 is 1.89 bits per heavy atom. The maximum atomic E-state index is 11.9. The van der Waals surface area contributed by atoms with Crippen LogP contribution in [0.15, 0.2) is 12.1 Å². The van der Waals surface area contributed by atoms with E-state index in [-0.39, 0.29) is 22.6 Å². The fourth-order valence-corrected chi connectivity index (χ4v) is 3.56. The first-order valence-electron chi connectivity index (χ1n) is 5.50. The van der Waals surface area contributed by atoms with Crippen LogP contribution in [0.25, 0.3) is 0 Å². The molecule has 0 aliphatic heterocycles. The van der Waals surface area contributed by atoms with Gasteiger partial charge in [0.05, 0.1) is 11.4 Å². The van der Waals surface area contributed by atoms with Crippen LogP contribution in [0.3, 0.4) is 0 Å². The van der Waals surface area contributed by atoms with Gasteiger partial charge in [0.15, 0.2) is 0 Å². The zero-order chi connectivity index (χ0) is 14.1. The van der Waals surface area contributed by atoms with E-state index < -0.39 is 10.0 Å². The first-order chi connectivity index (χ1) is 8.00. The van der Waals surface area contributed by atoms with Crippen molar-refractivity contribution in [2.75, 3.05) is 10.5 Å². The van der Waals surface area contributed by atoms with E-state index >= 15 is 0 Å². The topological polar surface area (TPSA) is 66.4 Å². The van der Waals surface area contributed by atoms with Gasteiger partial charge in [-0.15, -0.1) is 0 Å². The summed E-state index contributed by atoms with van der Waals surface area (Å²) in [5, 5.41) is 10.2. The highest BCUT2D eigenvalue weighted by molar-refractivity contribution is 7.92. The minimum absolute atomic E-state index is 0.0367. The number of benzene rings is 1. The number of rotatable bonds is 3. The van der Waals surface area contributed by atoms with Crippen molar-refractivity contribution in [3.05, 3.63) is 22.7 Å². The van der Waals surface area contributed by atoms with E-state index in [4.69, 9.17) is 11.6 Å². The number of halogens is 1. The molecule has 0 fully saturated rings. The molecule has 4 nitrogen and oxygen atoms in total. The van der Waals surface area contributed by atoms with Crippen molar-refractivity contribution < 1.29 is 13.5 Å². The van der Waals surface area contributed by atoms with E-state index in [1.807, 2.05) is 20.8 Å². The molecule has 18 heavy (non-hydrogen) atoms. The molecule has 0 heterocycles. The van der Waals surface area contributed by atoms with Gasteiger partial charge in [0.25, 0.3) is 0 Å². The van der Waals surface area contributed by atoms with Crippen molar-refractivity contribution in [3.63, 3.8) is 0 Å². The van der Waals surface area contributed by atoms with Gasteiger partial charge in [-0.2, -0.15) is 0 Å². The minimum Gasteiger partial charge on any atom is -0.505 e. The first kappa shape index (κ1) is 15.1. The number of aryl methyl sites for hydroxylation is 1. The molecule has 0 bridgehead atoms. The summed E-state index contributed by atoms with van der Waals surface area (Å²) < 4.78 is 26.2. The van der Waals surface area contributed by atoms with Gasteiger partial charge in [0.1, 0.15) is 5.75 Å². The molecule has 102 valence electrons. The van der Waals surface area contributed by atoms with E-state index in [0.717, 1.165) is 0 Å². The number of hydrogen-bond acceptors (Lipinski definition) is 3. The zero-order valence-corrected chi connectivity index (χ0v) is 12.5. The van der Waals surface area contributed by atoms with Gasteiger partial charge >= 0.3 is 0 Å². The second-order valence-electron chi connectivity index (χ2n) is 5.54. The molecular weight excluding hydrogens is 274 g/mol. The molecule has 0 spiro atoms. The number of phenols is 1. The molecule has 0 aliphatic rings. The molecule has 0 saturated carbocycles. The second kappa shape index (κ2) is 4.97. The summed E-state index contributed by atoms with van der Waals surface area (Å²) in [6.07, 6.45) is 0. The van der Waals surface area contributed by atoms with Gasteiger partial charge in [0, 0.05) is 5.02 Å². The van der Waals surface area contributed by atoms with Gasteiger partial charge in [-0.25, -0.2) is 8.42 Å². The summed E-state index contributed by atoms with van der Waals surface area (Å²) in [6.45, 7) is 7.14. The van der Waals surface area contributed by atoms with Crippen molar-refractivity contribution in [2.45, 2.75) is 27.7 Å². The highest BCUT2D eigenvalue weighted by Crippen LogP contribution is 2.32. The van der Waals surface area contributed by atoms with Gasteiger partial charge in [-0.3, -0.25) is 4.72 Å². The van der Waals surface area contributed by atoms with Crippen LogP contribution in [0.4, 0.5) is 5.69 Å². The lowest BCUT2D eigenvalue weighted by atomic mass is 10.0. The SMILES string of the molecule is Cc1cc(Cl)cc(NS(=O)(=O)CC(C)(C)C)c1O. The monoisotopic (exact) mass is 291 g/mol. The Hall–Kier alpha value is -0.940. The summed E-state index contributed by atoms with van der Waals surface area (Å²) in [5.74, 6) is -0.137. The van der Waals surface area contributed by atoms with Gasteiger partial charge < -0.3 is 5.11 Å². The van der Waals surface area contributed by atoms with E-state index in [1.54, 1.807) is 13.0 Å². The molecule has 1 aromatic carbocycles. The normalized spacial score (nSPS) is 12.5. The molecule has 0 amide bonds. The standard InChI is InChI=1S/C12H18ClNO3S/c1-8-5-9(13)6-10(11(8)15)14-18(16,17)7-12(2,3)4/h5-6,14-15H,7H2,1-4H3. The van der Waals surface area contributed by atoms with Gasteiger partial charge in [-0.05, 0) is 30.0 Å². The maximum absolute atomic E-state index is 11.9. The van der Waals surface area contributed by atoms with E-state index in [0.29, 0.717) is 10.6 Å². The maximum Gasteiger partial charge on any atom is 0.233 e. The Morgan fingerprint density at radius 3 is 2.39 bits per heavy atom. The summed E-state index contributed by atoms with van der Waals surface area (Å²) in [7, 11) is -3.52. The lowest BCUT2D eigenvalue weighted by Crippen LogP contribution is -2.26. The van der Waals surface area contributed by atoms with Crippen LogP contribution in [0.2, 0.25) is 5.02 Å². The number of nitrogens with one attached hydrogen (secondary N) is 1. The number of hydrogen-bond donors (Lipinski definition) is 2. The number of sulfonamides is 1. The van der Waals surface area contributed by atoms with E-state index in [1.165, 1.54) is 6.07 Å². The number of aromatic hydroxyl groups is 1. The molecule has 0 atom stereocenters. The van der Waals surface area contributed by atoms with Crippen molar-refractivity contribution >= 4 is 27.3 Å². The summed E-state index contributed by atoms with van der Waals surface area (Å²) in [5.41, 5.74) is 0.273. The van der Waals surface area contributed by atoms with Crippen LogP contribution >= 0.6 is 11.6 Å².